The molecule has 0 amide bonds. The first-order valence-corrected chi connectivity index (χ1v) is 7.52. The Bertz CT molecular complexity index is 506. The summed E-state index contributed by atoms with van der Waals surface area (Å²) in [5.74, 6) is 0.963. The molecule has 0 aromatic carbocycles. The summed E-state index contributed by atoms with van der Waals surface area (Å²) < 4.78 is 8.40. The number of rotatable bonds is 7. The molecule has 0 aliphatic carbocycles. The third kappa shape index (κ3) is 3.94. The largest absolute Gasteiger partial charge is 0.453 e. The summed E-state index contributed by atoms with van der Waals surface area (Å²) in [7, 11) is 0. The second-order valence-corrected chi connectivity index (χ2v) is 5.34. The van der Waals surface area contributed by atoms with Gasteiger partial charge in [-0.2, -0.15) is 5.10 Å². The fourth-order valence-electron chi connectivity index (χ4n) is 2.03. The Labute approximate surface area is 122 Å². The third-order valence-corrected chi connectivity index (χ3v) is 3.45. The molecule has 1 N–H and O–H groups in total. The molecule has 2 rings (SSSR count). The highest BCUT2D eigenvalue weighted by Crippen LogP contribution is 2.23. The summed E-state index contributed by atoms with van der Waals surface area (Å²) in [6.45, 7) is 6.13. The van der Waals surface area contributed by atoms with E-state index in [9.17, 15) is 0 Å². The lowest BCUT2D eigenvalue weighted by Gasteiger charge is -2.15. The molecule has 2 aromatic rings. The van der Waals surface area contributed by atoms with Gasteiger partial charge in [0.1, 0.15) is 5.76 Å². The lowest BCUT2D eigenvalue weighted by atomic mass is 10.1. The normalized spacial score (nSPS) is 12.8. The standard InChI is InChI=1S/C14H20BrN3O/c1-3-7-16-12(13-5-6-14(15)19-13)8-11-9-17-18(4-2)10-11/h5-6,9-10,12,16H,3-4,7-8H2,1-2H3. The van der Waals surface area contributed by atoms with E-state index >= 15 is 0 Å². The molecule has 5 heteroatoms. The topological polar surface area (TPSA) is 43.0 Å². The smallest absolute Gasteiger partial charge is 0.169 e. The molecule has 4 nitrogen and oxygen atoms in total. The molecule has 0 saturated carbocycles. The monoisotopic (exact) mass is 325 g/mol. The molecule has 0 aliphatic rings. The van der Waals surface area contributed by atoms with Crippen molar-refractivity contribution in [3.63, 3.8) is 0 Å². The van der Waals surface area contributed by atoms with E-state index in [2.05, 4.69) is 46.4 Å². The predicted molar refractivity (Wildman–Crippen MR) is 79.0 cm³/mol. The minimum atomic E-state index is 0.195. The molecule has 0 saturated heterocycles. The number of nitrogens with one attached hydrogen (secondary N) is 1. The van der Waals surface area contributed by atoms with Crippen LogP contribution in [0.4, 0.5) is 0 Å². The first kappa shape index (κ1) is 14.3. The highest BCUT2D eigenvalue weighted by Gasteiger charge is 2.16. The SMILES string of the molecule is CCCNC(Cc1cnn(CC)c1)c1ccc(Br)o1. The Morgan fingerprint density at radius 2 is 2.26 bits per heavy atom. The van der Waals surface area contributed by atoms with Crippen LogP contribution in [0.5, 0.6) is 0 Å². The van der Waals surface area contributed by atoms with Gasteiger partial charge in [0.15, 0.2) is 4.67 Å². The van der Waals surface area contributed by atoms with E-state index in [4.69, 9.17) is 4.42 Å². The minimum Gasteiger partial charge on any atom is -0.453 e. The fraction of sp³-hybridized carbons (Fsp3) is 0.500. The summed E-state index contributed by atoms with van der Waals surface area (Å²) in [4.78, 5) is 0. The van der Waals surface area contributed by atoms with Crippen molar-refractivity contribution in [2.75, 3.05) is 6.54 Å². The van der Waals surface area contributed by atoms with Crippen LogP contribution in [-0.2, 0) is 13.0 Å². The van der Waals surface area contributed by atoms with Gasteiger partial charge in [0.05, 0.1) is 12.2 Å². The number of aromatic nitrogens is 2. The van der Waals surface area contributed by atoms with E-state index < -0.39 is 0 Å². The lowest BCUT2D eigenvalue weighted by molar-refractivity contribution is 0.400. The average molecular weight is 326 g/mol. The van der Waals surface area contributed by atoms with Crippen LogP contribution in [0.25, 0.3) is 0 Å². The van der Waals surface area contributed by atoms with Crippen molar-refractivity contribution in [3.05, 3.63) is 40.5 Å². The van der Waals surface area contributed by atoms with Gasteiger partial charge >= 0.3 is 0 Å². The third-order valence-electron chi connectivity index (χ3n) is 3.03. The summed E-state index contributed by atoms with van der Waals surface area (Å²) in [5, 5.41) is 7.84. The van der Waals surface area contributed by atoms with Gasteiger partial charge < -0.3 is 9.73 Å². The fourth-order valence-corrected chi connectivity index (χ4v) is 2.35. The van der Waals surface area contributed by atoms with Crippen LogP contribution in [0.1, 0.15) is 37.6 Å². The average Bonchev–Trinajstić information content (AvgIpc) is 3.03. The molecule has 19 heavy (non-hydrogen) atoms. The molecule has 0 radical (unpaired) electrons. The number of nitrogens with zero attached hydrogens (tertiary/aromatic N) is 2. The summed E-state index contributed by atoms with van der Waals surface area (Å²) >= 11 is 3.36. The zero-order valence-corrected chi connectivity index (χ0v) is 13.0. The van der Waals surface area contributed by atoms with Gasteiger partial charge in [-0.1, -0.05) is 6.92 Å². The zero-order chi connectivity index (χ0) is 13.7. The molecule has 0 bridgehead atoms. The van der Waals surface area contributed by atoms with Crippen LogP contribution in [-0.4, -0.2) is 16.3 Å². The van der Waals surface area contributed by atoms with E-state index in [1.807, 2.05) is 23.0 Å². The second kappa shape index (κ2) is 6.91. The molecule has 1 unspecified atom stereocenters. The van der Waals surface area contributed by atoms with E-state index in [-0.39, 0.29) is 6.04 Å². The number of hydrogen-bond acceptors (Lipinski definition) is 3. The quantitative estimate of drug-likeness (QED) is 0.846. The van der Waals surface area contributed by atoms with Gasteiger partial charge in [0, 0.05) is 12.7 Å². The van der Waals surface area contributed by atoms with Gasteiger partial charge in [0.2, 0.25) is 0 Å². The van der Waals surface area contributed by atoms with Crippen LogP contribution < -0.4 is 5.32 Å². The molecular weight excluding hydrogens is 306 g/mol. The van der Waals surface area contributed by atoms with E-state index in [0.717, 1.165) is 36.4 Å². The minimum absolute atomic E-state index is 0.195. The maximum Gasteiger partial charge on any atom is 0.169 e. The molecule has 1 atom stereocenters. The molecule has 0 fully saturated rings. The molecule has 2 heterocycles. The van der Waals surface area contributed by atoms with E-state index in [0.29, 0.717) is 0 Å². The second-order valence-electron chi connectivity index (χ2n) is 4.56. The number of hydrogen-bond donors (Lipinski definition) is 1. The van der Waals surface area contributed by atoms with Crippen molar-refractivity contribution in [1.29, 1.82) is 0 Å². The molecule has 104 valence electrons. The Hall–Kier alpha value is -1.07. The van der Waals surface area contributed by atoms with Gasteiger partial charge in [-0.3, -0.25) is 4.68 Å². The maximum atomic E-state index is 5.67. The van der Waals surface area contributed by atoms with Gasteiger partial charge in [0.25, 0.3) is 0 Å². The van der Waals surface area contributed by atoms with Gasteiger partial charge in [-0.05, 0) is 59.9 Å². The van der Waals surface area contributed by atoms with Crippen LogP contribution >= 0.6 is 15.9 Å². The van der Waals surface area contributed by atoms with Crippen LogP contribution in [0, 0.1) is 0 Å². The van der Waals surface area contributed by atoms with Crippen molar-refractivity contribution in [1.82, 2.24) is 15.1 Å². The first-order chi connectivity index (χ1) is 9.22. The van der Waals surface area contributed by atoms with Crippen LogP contribution in [0.2, 0.25) is 0 Å². The van der Waals surface area contributed by atoms with E-state index in [1.165, 1.54) is 5.56 Å². The van der Waals surface area contributed by atoms with Crippen molar-refractivity contribution < 1.29 is 4.42 Å². The first-order valence-electron chi connectivity index (χ1n) is 6.72. The zero-order valence-electron chi connectivity index (χ0n) is 11.4. The van der Waals surface area contributed by atoms with E-state index in [1.54, 1.807) is 0 Å². The number of furan rings is 1. The highest BCUT2D eigenvalue weighted by atomic mass is 79.9. The Morgan fingerprint density at radius 1 is 1.42 bits per heavy atom. The Kier molecular flexibility index (Phi) is 5.22. The maximum absolute atomic E-state index is 5.67. The Balaban J connectivity index is 2.09. The van der Waals surface area contributed by atoms with Gasteiger partial charge in [-0.15, -0.1) is 0 Å². The van der Waals surface area contributed by atoms with Crippen molar-refractivity contribution in [3.8, 4) is 0 Å². The highest BCUT2D eigenvalue weighted by molar-refractivity contribution is 9.10. The lowest BCUT2D eigenvalue weighted by Crippen LogP contribution is -2.23. The summed E-state index contributed by atoms with van der Waals surface area (Å²) in [6.07, 6.45) is 6.02. The number of halogens is 1. The summed E-state index contributed by atoms with van der Waals surface area (Å²) in [5.41, 5.74) is 1.22. The van der Waals surface area contributed by atoms with Crippen LogP contribution in [0.15, 0.2) is 33.6 Å². The van der Waals surface area contributed by atoms with Crippen LogP contribution in [0.3, 0.4) is 0 Å². The summed E-state index contributed by atoms with van der Waals surface area (Å²) in [6, 6.07) is 4.15. The molecule has 0 aliphatic heterocycles. The predicted octanol–water partition coefficient (Wildman–Crippen LogP) is 3.54. The van der Waals surface area contributed by atoms with Crippen molar-refractivity contribution >= 4 is 15.9 Å². The number of aryl methyl sites for hydroxylation is 1. The molecule has 0 spiro atoms. The van der Waals surface area contributed by atoms with Gasteiger partial charge in [-0.25, -0.2) is 0 Å². The Morgan fingerprint density at radius 3 is 2.84 bits per heavy atom. The van der Waals surface area contributed by atoms with Crippen molar-refractivity contribution in [2.45, 2.75) is 39.3 Å². The molecule has 2 aromatic heterocycles. The molecular formula is C14H20BrN3O. The van der Waals surface area contributed by atoms with Crippen molar-refractivity contribution in [2.24, 2.45) is 0 Å².